The maximum atomic E-state index is 11.6. The number of carbonyl (C=O) groups is 1. The minimum Gasteiger partial charge on any atom is -0.355 e. The molecule has 5 heteroatoms. The molecule has 0 aliphatic carbocycles. The van der Waals surface area contributed by atoms with E-state index in [2.05, 4.69) is 29.5 Å². The van der Waals surface area contributed by atoms with E-state index < -0.39 is 0 Å². The Labute approximate surface area is 129 Å². The fourth-order valence-corrected chi connectivity index (χ4v) is 2.57. The maximum Gasteiger partial charge on any atom is 0.233 e. The minimum atomic E-state index is 0.0311. The second kappa shape index (κ2) is 7.90. The molecule has 0 aliphatic rings. The molecule has 0 atom stereocenters. The summed E-state index contributed by atoms with van der Waals surface area (Å²) in [6.07, 6.45) is 0. The van der Waals surface area contributed by atoms with Gasteiger partial charge in [0.25, 0.3) is 0 Å². The average molecular weight is 303 g/mol. The number of nitrogens with one attached hydrogen (secondary N) is 2. The standard InChI is InChI=1S/C16H21N3OS/c1-12(2)8-18-15(20)9-17-10-16-19-14(11-21-16)13-6-4-3-5-7-13/h3-7,11-12,17H,8-10H2,1-2H3,(H,18,20). The van der Waals surface area contributed by atoms with Gasteiger partial charge in [0, 0.05) is 24.0 Å². The Morgan fingerprint density at radius 1 is 1.29 bits per heavy atom. The lowest BCUT2D eigenvalue weighted by Gasteiger charge is -2.07. The van der Waals surface area contributed by atoms with Crippen LogP contribution >= 0.6 is 11.3 Å². The Morgan fingerprint density at radius 2 is 2.05 bits per heavy atom. The van der Waals surface area contributed by atoms with Crippen molar-refractivity contribution in [3.63, 3.8) is 0 Å². The molecule has 4 nitrogen and oxygen atoms in total. The van der Waals surface area contributed by atoms with E-state index in [4.69, 9.17) is 0 Å². The number of amides is 1. The van der Waals surface area contributed by atoms with Crippen LogP contribution in [0.5, 0.6) is 0 Å². The number of hydrogen-bond donors (Lipinski definition) is 2. The molecule has 0 saturated carbocycles. The van der Waals surface area contributed by atoms with Gasteiger partial charge in [-0.2, -0.15) is 0 Å². The molecular weight excluding hydrogens is 282 g/mol. The van der Waals surface area contributed by atoms with Gasteiger partial charge in [-0.15, -0.1) is 11.3 Å². The maximum absolute atomic E-state index is 11.6. The van der Waals surface area contributed by atoms with Crippen molar-refractivity contribution >= 4 is 17.2 Å². The van der Waals surface area contributed by atoms with Crippen molar-refractivity contribution in [3.05, 3.63) is 40.7 Å². The van der Waals surface area contributed by atoms with Crippen molar-refractivity contribution in [3.8, 4) is 11.3 Å². The zero-order chi connectivity index (χ0) is 15.1. The van der Waals surface area contributed by atoms with Gasteiger partial charge in [0.05, 0.1) is 12.2 Å². The van der Waals surface area contributed by atoms with Gasteiger partial charge in [0.1, 0.15) is 5.01 Å². The number of hydrogen-bond acceptors (Lipinski definition) is 4. The van der Waals surface area contributed by atoms with E-state index >= 15 is 0 Å². The predicted molar refractivity (Wildman–Crippen MR) is 87.1 cm³/mol. The summed E-state index contributed by atoms with van der Waals surface area (Å²) in [5, 5.41) is 9.04. The topological polar surface area (TPSA) is 54.0 Å². The van der Waals surface area contributed by atoms with Crippen molar-refractivity contribution in [2.75, 3.05) is 13.1 Å². The largest absolute Gasteiger partial charge is 0.355 e. The highest BCUT2D eigenvalue weighted by Crippen LogP contribution is 2.21. The van der Waals surface area contributed by atoms with Gasteiger partial charge in [-0.3, -0.25) is 4.79 Å². The van der Waals surface area contributed by atoms with Gasteiger partial charge < -0.3 is 10.6 Å². The van der Waals surface area contributed by atoms with Crippen LogP contribution < -0.4 is 10.6 Å². The minimum absolute atomic E-state index is 0.0311. The Balaban J connectivity index is 1.77. The van der Waals surface area contributed by atoms with E-state index in [-0.39, 0.29) is 5.91 Å². The molecule has 21 heavy (non-hydrogen) atoms. The first-order chi connectivity index (χ1) is 10.1. The summed E-state index contributed by atoms with van der Waals surface area (Å²) in [4.78, 5) is 16.1. The first kappa shape index (κ1) is 15.7. The molecule has 0 radical (unpaired) electrons. The number of nitrogens with zero attached hydrogens (tertiary/aromatic N) is 1. The molecular formula is C16H21N3OS. The molecule has 0 spiro atoms. The molecule has 1 aromatic carbocycles. The molecule has 2 rings (SSSR count). The molecule has 1 heterocycles. The molecule has 0 aliphatic heterocycles. The van der Waals surface area contributed by atoms with Gasteiger partial charge in [-0.1, -0.05) is 44.2 Å². The molecule has 2 aromatic rings. The van der Waals surface area contributed by atoms with Crippen molar-refractivity contribution in [2.45, 2.75) is 20.4 Å². The van der Waals surface area contributed by atoms with Crippen LogP contribution in [-0.2, 0) is 11.3 Å². The van der Waals surface area contributed by atoms with Crippen LogP contribution in [0.3, 0.4) is 0 Å². The van der Waals surface area contributed by atoms with Gasteiger partial charge in [0.2, 0.25) is 5.91 Å². The molecule has 0 unspecified atom stereocenters. The number of carbonyl (C=O) groups excluding carboxylic acids is 1. The normalized spacial score (nSPS) is 10.8. The van der Waals surface area contributed by atoms with Crippen LogP contribution in [0.4, 0.5) is 0 Å². The average Bonchev–Trinajstić information content (AvgIpc) is 2.95. The zero-order valence-electron chi connectivity index (χ0n) is 12.4. The van der Waals surface area contributed by atoms with Gasteiger partial charge >= 0.3 is 0 Å². The molecule has 0 saturated heterocycles. The quantitative estimate of drug-likeness (QED) is 0.827. The second-order valence-electron chi connectivity index (χ2n) is 5.29. The number of benzene rings is 1. The summed E-state index contributed by atoms with van der Waals surface area (Å²) in [6, 6.07) is 10.1. The SMILES string of the molecule is CC(C)CNC(=O)CNCc1nc(-c2ccccc2)cs1. The van der Waals surface area contributed by atoms with Crippen LogP contribution in [0, 0.1) is 5.92 Å². The lowest BCUT2D eigenvalue weighted by atomic mass is 10.2. The summed E-state index contributed by atoms with van der Waals surface area (Å²) < 4.78 is 0. The van der Waals surface area contributed by atoms with Crippen molar-refractivity contribution in [1.29, 1.82) is 0 Å². The van der Waals surface area contributed by atoms with Crippen LogP contribution in [0.25, 0.3) is 11.3 Å². The number of thiazole rings is 1. The zero-order valence-corrected chi connectivity index (χ0v) is 13.2. The van der Waals surface area contributed by atoms with Gasteiger partial charge in [0.15, 0.2) is 0 Å². The van der Waals surface area contributed by atoms with Crippen molar-refractivity contribution in [1.82, 2.24) is 15.6 Å². The van der Waals surface area contributed by atoms with Crippen LogP contribution in [0.1, 0.15) is 18.9 Å². The number of rotatable bonds is 7. The molecule has 1 amide bonds. The Hall–Kier alpha value is -1.72. The first-order valence-electron chi connectivity index (χ1n) is 7.12. The Morgan fingerprint density at radius 3 is 2.76 bits per heavy atom. The van der Waals surface area contributed by atoms with E-state index in [0.717, 1.165) is 22.8 Å². The summed E-state index contributed by atoms with van der Waals surface area (Å²) in [7, 11) is 0. The highest BCUT2D eigenvalue weighted by atomic mass is 32.1. The lowest BCUT2D eigenvalue weighted by molar-refractivity contribution is -0.120. The van der Waals surface area contributed by atoms with Crippen LogP contribution in [0.2, 0.25) is 0 Å². The lowest BCUT2D eigenvalue weighted by Crippen LogP contribution is -2.35. The summed E-state index contributed by atoms with van der Waals surface area (Å²) >= 11 is 1.61. The third-order valence-corrected chi connectivity index (χ3v) is 3.74. The van der Waals surface area contributed by atoms with Gasteiger partial charge in [-0.05, 0) is 5.92 Å². The van der Waals surface area contributed by atoms with E-state index in [0.29, 0.717) is 19.0 Å². The fourth-order valence-electron chi connectivity index (χ4n) is 1.80. The second-order valence-corrected chi connectivity index (χ2v) is 6.24. The Kier molecular flexibility index (Phi) is 5.90. The summed E-state index contributed by atoms with van der Waals surface area (Å²) in [6.45, 7) is 5.82. The molecule has 2 N–H and O–H groups in total. The third kappa shape index (κ3) is 5.28. The van der Waals surface area contributed by atoms with Crippen molar-refractivity contribution in [2.24, 2.45) is 5.92 Å². The van der Waals surface area contributed by atoms with Gasteiger partial charge in [-0.25, -0.2) is 4.98 Å². The van der Waals surface area contributed by atoms with Crippen molar-refractivity contribution < 1.29 is 4.79 Å². The van der Waals surface area contributed by atoms with Crippen LogP contribution in [-0.4, -0.2) is 24.0 Å². The third-order valence-electron chi connectivity index (χ3n) is 2.89. The van der Waals surface area contributed by atoms with E-state index in [1.807, 2.05) is 35.7 Å². The Bertz CT molecular complexity index is 566. The smallest absolute Gasteiger partial charge is 0.233 e. The van der Waals surface area contributed by atoms with E-state index in [1.165, 1.54) is 0 Å². The molecule has 0 bridgehead atoms. The monoisotopic (exact) mass is 303 g/mol. The molecule has 0 fully saturated rings. The highest BCUT2D eigenvalue weighted by Gasteiger charge is 2.05. The predicted octanol–water partition coefficient (Wildman–Crippen LogP) is 2.67. The highest BCUT2D eigenvalue weighted by molar-refractivity contribution is 7.09. The van der Waals surface area contributed by atoms with Crippen LogP contribution in [0.15, 0.2) is 35.7 Å². The summed E-state index contributed by atoms with van der Waals surface area (Å²) in [5.41, 5.74) is 2.11. The first-order valence-corrected chi connectivity index (χ1v) is 8.00. The van der Waals surface area contributed by atoms with E-state index in [1.54, 1.807) is 11.3 Å². The van der Waals surface area contributed by atoms with E-state index in [9.17, 15) is 4.79 Å². The number of aromatic nitrogens is 1. The summed E-state index contributed by atoms with van der Waals surface area (Å²) in [5.74, 6) is 0.505. The fraction of sp³-hybridized carbons (Fsp3) is 0.375. The molecule has 112 valence electrons. The molecule has 1 aromatic heterocycles.